The first-order valence-electron chi connectivity index (χ1n) is 6.02. The summed E-state index contributed by atoms with van der Waals surface area (Å²) in [6.45, 7) is 4.10. The summed E-state index contributed by atoms with van der Waals surface area (Å²) in [6, 6.07) is 7.31. The predicted octanol–water partition coefficient (Wildman–Crippen LogP) is 2.58. The van der Waals surface area contributed by atoms with Crippen molar-refractivity contribution in [2.75, 3.05) is 12.4 Å². The molecule has 3 nitrogen and oxygen atoms in total. The van der Waals surface area contributed by atoms with Gasteiger partial charge in [-0.15, -0.1) is 11.6 Å². The Bertz CT molecular complexity index is 496. The van der Waals surface area contributed by atoms with Crippen LogP contribution in [0.1, 0.15) is 36.2 Å². The number of rotatable bonds is 3. The third kappa shape index (κ3) is 1.93. The summed E-state index contributed by atoms with van der Waals surface area (Å²) in [4.78, 5) is 26.0. The Morgan fingerprint density at radius 1 is 1.22 bits per heavy atom. The van der Waals surface area contributed by atoms with Crippen LogP contribution in [0.5, 0.6) is 0 Å². The van der Waals surface area contributed by atoms with E-state index in [4.69, 9.17) is 11.6 Å². The second-order valence-electron chi connectivity index (χ2n) is 4.98. The molecule has 18 heavy (non-hydrogen) atoms. The van der Waals surface area contributed by atoms with Gasteiger partial charge in [-0.2, -0.15) is 0 Å². The van der Waals surface area contributed by atoms with Crippen LogP contribution in [-0.2, 0) is 10.2 Å². The van der Waals surface area contributed by atoms with Crippen molar-refractivity contribution >= 4 is 23.4 Å². The van der Waals surface area contributed by atoms with Gasteiger partial charge >= 0.3 is 0 Å². The summed E-state index contributed by atoms with van der Waals surface area (Å²) in [5.41, 5.74) is 0.774. The highest BCUT2D eigenvalue weighted by Crippen LogP contribution is 2.34. The molecule has 1 aromatic rings. The molecule has 0 spiro atoms. The molecule has 0 N–H and O–H groups in total. The Morgan fingerprint density at radius 3 is 2.56 bits per heavy atom. The first kappa shape index (κ1) is 13.1. The summed E-state index contributed by atoms with van der Waals surface area (Å²) in [6.07, 6.45) is 0.622. The molecule has 2 rings (SSSR count). The standard InChI is InChI=1S/C14H16ClNO2/c1-14(2)11-7-4-3-6-10(11)12(17)16(13(14)18)9-5-8-15/h3-4,6-7H,5,8-9H2,1-2H3. The van der Waals surface area contributed by atoms with Crippen molar-refractivity contribution in [1.29, 1.82) is 0 Å². The number of imide groups is 1. The number of carbonyl (C=O) groups is 2. The maximum absolute atomic E-state index is 12.4. The van der Waals surface area contributed by atoms with E-state index in [-0.39, 0.29) is 11.8 Å². The zero-order chi connectivity index (χ0) is 13.3. The fourth-order valence-corrected chi connectivity index (χ4v) is 2.45. The van der Waals surface area contributed by atoms with Gasteiger partial charge in [0, 0.05) is 18.0 Å². The topological polar surface area (TPSA) is 37.4 Å². The van der Waals surface area contributed by atoms with Gasteiger partial charge in [-0.25, -0.2) is 0 Å². The summed E-state index contributed by atoms with van der Waals surface area (Å²) in [5, 5.41) is 0. The van der Waals surface area contributed by atoms with Gasteiger partial charge in [-0.1, -0.05) is 18.2 Å². The van der Waals surface area contributed by atoms with Crippen LogP contribution >= 0.6 is 11.6 Å². The van der Waals surface area contributed by atoms with Gasteiger partial charge in [-0.3, -0.25) is 14.5 Å². The summed E-state index contributed by atoms with van der Waals surface area (Å²) < 4.78 is 0. The number of fused-ring (bicyclic) bond motifs is 1. The number of carbonyl (C=O) groups excluding carboxylic acids is 2. The normalized spacial score (nSPS) is 17.8. The van der Waals surface area contributed by atoms with Gasteiger partial charge in [-0.05, 0) is 31.9 Å². The van der Waals surface area contributed by atoms with Gasteiger partial charge < -0.3 is 0 Å². The molecular formula is C14H16ClNO2. The van der Waals surface area contributed by atoms with E-state index in [1.807, 2.05) is 32.0 Å². The van der Waals surface area contributed by atoms with Crippen molar-refractivity contribution in [2.24, 2.45) is 0 Å². The largest absolute Gasteiger partial charge is 0.278 e. The minimum Gasteiger partial charge on any atom is -0.278 e. The second-order valence-corrected chi connectivity index (χ2v) is 5.35. The minimum absolute atomic E-state index is 0.142. The van der Waals surface area contributed by atoms with E-state index < -0.39 is 5.41 Å². The zero-order valence-electron chi connectivity index (χ0n) is 10.6. The van der Waals surface area contributed by atoms with Crippen LogP contribution in [-0.4, -0.2) is 29.1 Å². The van der Waals surface area contributed by atoms with Gasteiger partial charge in [0.15, 0.2) is 0 Å². The molecule has 0 aromatic heterocycles. The molecule has 1 aliphatic heterocycles. The number of hydrogen-bond acceptors (Lipinski definition) is 2. The SMILES string of the molecule is CC1(C)C(=O)N(CCCCl)C(=O)c2ccccc21. The summed E-state index contributed by atoms with van der Waals surface area (Å²) in [5.74, 6) is 0.0930. The van der Waals surface area contributed by atoms with Crippen LogP contribution < -0.4 is 0 Å². The maximum atomic E-state index is 12.4. The molecule has 1 aromatic carbocycles. The molecule has 0 saturated heterocycles. The first-order chi connectivity index (χ1) is 8.50. The van der Waals surface area contributed by atoms with Crippen molar-refractivity contribution < 1.29 is 9.59 Å². The Hall–Kier alpha value is -1.35. The third-order valence-electron chi connectivity index (χ3n) is 3.37. The van der Waals surface area contributed by atoms with Gasteiger partial charge in [0.1, 0.15) is 0 Å². The molecule has 96 valence electrons. The highest BCUT2D eigenvalue weighted by Gasteiger charge is 2.43. The molecule has 4 heteroatoms. The Balaban J connectivity index is 2.47. The highest BCUT2D eigenvalue weighted by atomic mass is 35.5. The predicted molar refractivity (Wildman–Crippen MR) is 70.8 cm³/mol. The molecule has 2 amide bonds. The first-order valence-corrected chi connectivity index (χ1v) is 6.55. The van der Waals surface area contributed by atoms with Crippen LogP contribution in [0, 0.1) is 0 Å². The minimum atomic E-state index is -0.656. The van der Waals surface area contributed by atoms with E-state index >= 15 is 0 Å². The average Bonchev–Trinajstić information content (AvgIpc) is 2.37. The van der Waals surface area contributed by atoms with Crippen molar-refractivity contribution in [3.63, 3.8) is 0 Å². The van der Waals surface area contributed by atoms with Crippen LogP contribution in [0.4, 0.5) is 0 Å². The lowest BCUT2D eigenvalue weighted by Gasteiger charge is -2.37. The van der Waals surface area contributed by atoms with Gasteiger partial charge in [0.2, 0.25) is 5.91 Å². The monoisotopic (exact) mass is 265 g/mol. The Kier molecular flexibility index (Phi) is 3.44. The van der Waals surface area contributed by atoms with Gasteiger partial charge in [0.05, 0.1) is 5.41 Å². The molecule has 0 bridgehead atoms. The quantitative estimate of drug-likeness (QED) is 0.622. The molecule has 0 saturated carbocycles. The van der Waals surface area contributed by atoms with Crippen LogP contribution in [0.15, 0.2) is 24.3 Å². The average molecular weight is 266 g/mol. The van der Waals surface area contributed by atoms with Gasteiger partial charge in [0.25, 0.3) is 5.91 Å². The van der Waals surface area contributed by atoms with Crippen LogP contribution in [0.25, 0.3) is 0 Å². The van der Waals surface area contributed by atoms with E-state index in [0.29, 0.717) is 24.4 Å². The molecule has 0 atom stereocenters. The smallest absolute Gasteiger partial charge is 0.260 e. The van der Waals surface area contributed by atoms with E-state index in [1.165, 1.54) is 4.90 Å². The molecule has 1 aliphatic rings. The molecule has 0 fully saturated rings. The lowest BCUT2D eigenvalue weighted by molar-refractivity contribution is -0.134. The van der Waals surface area contributed by atoms with E-state index in [9.17, 15) is 9.59 Å². The third-order valence-corrected chi connectivity index (χ3v) is 3.64. The maximum Gasteiger partial charge on any atom is 0.260 e. The fourth-order valence-electron chi connectivity index (χ4n) is 2.33. The fraction of sp³-hybridized carbons (Fsp3) is 0.429. The number of benzene rings is 1. The van der Waals surface area contributed by atoms with E-state index in [0.717, 1.165) is 5.56 Å². The van der Waals surface area contributed by atoms with E-state index in [1.54, 1.807) is 6.07 Å². The number of hydrogen-bond donors (Lipinski definition) is 0. The molecule has 0 radical (unpaired) electrons. The molecule has 1 heterocycles. The van der Waals surface area contributed by atoms with Crippen molar-refractivity contribution in [1.82, 2.24) is 4.90 Å². The molecule has 0 unspecified atom stereocenters. The van der Waals surface area contributed by atoms with Crippen LogP contribution in [0.2, 0.25) is 0 Å². The Morgan fingerprint density at radius 2 is 1.89 bits per heavy atom. The van der Waals surface area contributed by atoms with E-state index in [2.05, 4.69) is 0 Å². The van der Waals surface area contributed by atoms with Crippen LogP contribution in [0.3, 0.4) is 0 Å². The zero-order valence-corrected chi connectivity index (χ0v) is 11.3. The lowest BCUT2D eigenvalue weighted by atomic mass is 9.77. The lowest BCUT2D eigenvalue weighted by Crippen LogP contribution is -2.52. The summed E-state index contributed by atoms with van der Waals surface area (Å²) >= 11 is 5.64. The molecule has 0 aliphatic carbocycles. The number of amides is 2. The van der Waals surface area contributed by atoms with Crippen molar-refractivity contribution in [3.05, 3.63) is 35.4 Å². The van der Waals surface area contributed by atoms with Crippen molar-refractivity contribution in [3.8, 4) is 0 Å². The molecular weight excluding hydrogens is 250 g/mol. The number of alkyl halides is 1. The Labute approximate surface area is 112 Å². The second kappa shape index (κ2) is 4.73. The number of nitrogens with zero attached hydrogens (tertiary/aromatic N) is 1. The number of halogens is 1. The highest BCUT2D eigenvalue weighted by molar-refractivity contribution is 6.18. The summed E-state index contributed by atoms with van der Waals surface area (Å²) in [7, 11) is 0. The van der Waals surface area contributed by atoms with Crippen molar-refractivity contribution in [2.45, 2.75) is 25.7 Å².